The first-order chi connectivity index (χ1) is 4.65. The van der Waals surface area contributed by atoms with Gasteiger partial charge in [0.25, 0.3) is 0 Å². The average molecular weight is 148 g/mol. The van der Waals surface area contributed by atoms with E-state index < -0.39 is 6.09 Å². The summed E-state index contributed by atoms with van der Waals surface area (Å²) < 4.78 is 0. The second kappa shape index (κ2) is 11.1. The molecule has 0 heterocycles. The van der Waals surface area contributed by atoms with E-state index >= 15 is 0 Å². The quantitative estimate of drug-likeness (QED) is 0.516. The highest BCUT2D eigenvalue weighted by Gasteiger charge is 1.75. The van der Waals surface area contributed by atoms with Gasteiger partial charge in [-0.3, -0.25) is 0 Å². The molecular formula is C6H16N2O2. The Balaban J connectivity index is 0. The number of amides is 1. The number of hydrogen-bond acceptors (Lipinski definition) is 2. The molecule has 0 rings (SSSR count). The molecule has 0 aromatic heterocycles. The summed E-state index contributed by atoms with van der Waals surface area (Å²) in [4.78, 5) is 8.78. The molecule has 0 fully saturated rings. The summed E-state index contributed by atoms with van der Waals surface area (Å²) in [6.07, 6.45) is 2.42. The lowest BCUT2D eigenvalue weighted by Gasteiger charge is -1.86. The fraction of sp³-hybridized carbons (Fsp3) is 0.833. The highest BCUT2D eigenvalue weighted by molar-refractivity contribution is 5.61. The van der Waals surface area contributed by atoms with Gasteiger partial charge in [-0.05, 0) is 13.0 Å². The summed E-state index contributed by atoms with van der Waals surface area (Å²) in [6, 6.07) is 0. The van der Waals surface area contributed by atoms with Crippen LogP contribution < -0.4 is 11.5 Å². The van der Waals surface area contributed by atoms with Gasteiger partial charge in [0, 0.05) is 0 Å². The lowest BCUT2D eigenvalue weighted by Crippen LogP contribution is -2.03. The van der Waals surface area contributed by atoms with Gasteiger partial charge in [-0.1, -0.05) is 19.8 Å². The predicted molar refractivity (Wildman–Crippen MR) is 40.8 cm³/mol. The standard InChI is InChI=1S/C5H13N.CH3NO2/c1-2-3-4-5-6;2-1(3)4/h2-6H2,1H3;2H2,(H,3,4). The van der Waals surface area contributed by atoms with E-state index in [9.17, 15) is 0 Å². The Bertz CT molecular complexity index is 68.1. The molecule has 0 saturated heterocycles. The summed E-state index contributed by atoms with van der Waals surface area (Å²) in [5, 5.41) is 7.19. The van der Waals surface area contributed by atoms with E-state index in [1.165, 1.54) is 19.3 Å². The van der Waals surface area contributed by atoms with Crippen molar-refractivity contribution < 1.29 is 9.90 Å². The zero-order valence-electron chi connectivity index (χ0n) is 6.34. The molecule has 10 heavy (non-hydrogen) atoms. The molecule has 0 aromatic rings. The molecule has 4 nitrogen and oxygen atoms in total. The van der Waals surface area contributed by atoms with Crippen LogP contribution in [0.1, 0.15) is 26.2 Å². The summed E-state index contributed by atoms with van der Waals surface area (Å²) in [5.74, 6) is 0. The van der Waals surface area contributed by atoms with E-state index in [0.29, 0.717) is 0 Å². The second-order valence-electron chi connectivity index (χ2n) is 1.83. The molecule has 0 atom stereocenters. The normalized spacial score (nSPS) is 7.80. The molecule has 0 aromatic carbocycles. The monoisotopic (exact) mass is 148 g/mol. The molecule has 4 heteroatoms. The maximum atomic E-state index is 8.78. The van der Waals surface area contributed by atoms with Crippen molar-refractivity contribution in [3.05, 3.63) is 0 Å². The minimum Gasteiger partial charge on any atom is -0.465 e. The molecule has 1 amide bonds. The van der Waals surface area contributed by atoms with Crippen molar-refractivity contribution in [1.82, 2.24) is 0 Å². The summed E-state index contributed by atoms with van der Waals surface area (Å²) in [6.45, 7) is 3.03. The summed E-state index contributed by atoms with van der Waals surface area (Å²) >= 11 is 0. The Morgan fingerprint density at radius 2 is 1.90 bits per heavy atom. The van der Waals surface area contributed by atoms with Gasteiger partial charge in [0.15, 0.2) is 0 Å². The van der Waals surface area contributed by atoms with E-state index in [-0.39, 0.29) is 0 Å². The number of primary amides is 1. The maximum absolute atomic E-state index is 8.78. The van der Waals surface area contributed by atoms with Crippen LogP contribution in [0, 0.1) is 0 Å². The highest BCUT2D eigenvalue weighted by Crippen LogP contribution is 1.88. The van der Waals surface area contributed by atoms with E-state index in [1.54, 1.807) is 0 Å². The van der Waals surface area contributed by atoms with E-state index in [1.807, 2.05) is 0 Å². The van der Waals surface area contributed by atoms with Crippen LogP contribution in [0.4, 0.5) is 4.79 Å². The van der Waals surface area contributed by atoms with Gasteiger partial charge in [0.1, 0.15) is 0 Å². The van der Waals surface area contributed by atoms with Crippen LogP contribution in [0.2, 0.25) is 0 Å². The van der Waals surface area contributed by atoms with Crippen LogP contribution in [0.5, 0.6) is 0 Å². The Morgan fingerprint density at radius 1 is 1.50 bits per heavy atom. The molecule has 0 aliphatic rings. The lowest BCUT2D eigenvalue weighted by molar-refractivity contribution is 0.205. The molecule has 0 spiro atoms. The van der Waals surface area contributed by atoms with E-state index in [2.05, 4.69) is 12.7 Å². The van der Waals surface area contributed by atoms with Crippen LogP contribution in [0.15, 0.2) is 0 Å². The Labute approximate surface area is 61.2 Å². The van der Waals surface area contributed by atoms with Crippen molar-refractivity contribution in [2.75, 3.05) is 6.54 Å². The third-order valence-corrected chi connectivity index (χ3v) is 0.808. The number of unbranched alkanes of at least 4 members (excludes halogenated alkanes) is 2. The average Bonchev–Trinajstić information content (AvgIpc) is 1.82. The van der Waals surface area contributed by atoms with Crippen LogP contribution in [-0.4, -0.2) is 17.7 Å². The van der Waals surface area contributed by atoms with Crippen molar-refractivity contribution in [1.29, 1.82) is 0 Å². The third kappa shape index (κ3) is 56.4. The van der Waals surface area contributed by atoms with Gasteiger partial charge in [-0.15, -0.1) is 0 Å². The molecule has 0 unspecified atom stereocenters. The zero-order chi connectivity index (χ0) is 8.41. The third-order valence-electron chi connectivity index (χ3n) is 0.808. The van der Waals surface area contributed by atoms with Gasteiger partial charge in [0.05, 0.1) is 0 Å². The highest BCUT2D eigenvalue weighted by atomic mass is 16.4. The number of hydrogen-bond donors (Lipinski definition) is 3. The number of nitrogens with two attached hydrogens (primary N) is 2. The maximum Gasteiger partial charge on any atom is 0.402 e. The van der Waals surface area contributed by atoms with Crippen molar-refractivity contribution in [3.8, 4) is 0 Å². The first-order valence-corrected chi connectivity index (χ1v) is 3.33. The first kappa shape index (κ1) is 12.0. The number of carboxylic acid groups (broad SMARTS) is 1. The molecule has 0 bridgehead atoms. The number of carbonyl (C=O) groups is 1. The van der Waals surface area contributed by atoms with Gasteiger partial charge >= 0.3 is 6.09 Å². The van der Waals surface area contributed by atoms with Crippen molar-refractivity contribution in [2.45, 2.75) is 26.2 Å². The van der Waals surface area contributed by atoms with Crippen molar-refractivity contribution in [3.63, 3.8) is 0 Å². The topological polar surface area (TPSA) is 89.3 Å². The van der Waals surface area contributed by atoms with Gasteiger partial charge in [-0.2, -0.15) is 0 Å². The Kier molecular flexibility index (Phi) is 13.3. The number of rotatable bonds is 3. The molecule has 0 radical (unpaired) electrons. The van der Waals surface area contributed by atoms with Gasteiger partial charge < -0.3 is 16.6 Å². The van der Waals surface area contributed by atoms with Crippen LogP contribution in [-0.2, 0) is 0 Å². The van der Waals surface area contributed by atoms with Gasteiger partial charge in [0.2, 0.25) is 0 Å². The van der Waals surface area contributed by atoms with E-state index in [0.717, 1.165) is 6.54 Å². The van der Waals surface area contributed by atoms with Crippen LogP contribution >= 0.6 is 0 Å². The Hall–Kier alpha value is -0.770. The van der Waals surface area contributed by atoms with Crippen molar-refractivity contribution in [2.24, 2.45) is 11.5 Å². The van der Waals surface area contributed by atoms with Crippen LogP contribution in [0.25, 0.3) is 0 Å². The second-order valence-corrected chi connectivity index (χ2v) is 1.83. The largest absolute Gasteiger partial charge is 0.465 e. The lowest BCUT2D eigenvalue weighted by atomic mass is 10.3. The van der Waals surface area contributed by atoms with Gasteiger partial charge in [-0.25, -0.2) is 4.79 Å². The smallest absolute Gasteiger partial charge is 0.402 e. The SMILES string of the molecule is CCCCCN.NC(=O)O. The molecule has 62 valence electrons. The molecule has 0 saturated carbocycles. The fourth-order valence-electron chi connectivity index (χ4n) is 0.394. The first-order valence-electron chi connectivity index (χ1n) is 3.33. The predicted octanol–water partition coefficient (Wildman–Crippen LogP) is 0.758. The van der Waals surface area contributed by atoms with E-state index in [4.69, 9.17) is 15.6 Å². The van der Waals surface area contributed by atoms with Crippen LogP contribution in [0.3, 0.4) is 0 Å². The Morgan fingerprint density at radius 3 is 2.00 bits per heavy atom. The molecule has 5 N–H and O–H groups in total. The van der Waals surface area contributed by atoms with Crippen molar-refractivity contribution >= 4 is 6.09 Å². The molecule has 0 aliphatic heterocycles. The summed E-state index contributed by atoms with van der Waals surface area (Å²) in [5.41, 5.74) is 9.24. The summed E-state index contributed by atoms with van der Waals surface area (Å²) in [7, 11) is 0. The zero-order valence-corrected chi connectivity index (χ0v) is 6.34. The minimum atomic E-state index is -1.33. The minimum absolute atomic E-state index is 0.855. The fourth-order valence-corrected chi connectivity index (χ4v) is 0.394. The molecular weight excluding hydrogens is 132 g/mol. The molecule has 0 aliphatic carbocycles.